The molecule has 1 heterocycles. The second-order valence-electron chi connectivity index (χ2n) is 5.21. The predicted molar refractivity (Wildman–Crippen MR) is 85.9 cm³/mol. The lowest BCUT2D eigenvalue weighted by molar-refractivity contribution is 0.0572. The molecule has 0 radical (unpaired) electrons. The Kier molecular flexibility index (Phi) is 4.98. The summed E-state index contributed by atoms with van der Waals surface area (Å²) in [7, 11) is -1.89. The van der Waals surface area contributed by atoms with E-state index in [1.165, 1.54) is 4.31 Å². The van der Waals surface area contributed by atoms with Crippen LogP contribution in [0.2, 0.25) is 0 Å². The average molecular weight is 328 g/mol. The first-order valence-corrected chi connectivity index (χ1v) is 8.64. The molecule has 1 fully saturated rings. The zero-order valence-electron chi connectivity index (χ0n) is 12.2. The highest BCUT2D eigenvalue weighted by atomic mass is 32.2. The molecular weight excluding hydrogens is 308 g/mol. The lowest BCUT2D eigenvalue weighted by atomic mass is 10.1. The molecule has 0 spiro atoms. The first-order chi connectivity index (χ1) is 9.86. The molecule has 7 heteroatoms. The predicted octanol–water partition coefficient (Wildman–Crippen LogP) is 1.43. The standard InChI is InChI=1S/C14H20N2O3S2/c1-10-8-11(14(15)20)5-6-13(10)21(17,18)16-7-3-4-12(9-16)19-2/h5-6,8,12H,3-4,7,9H2,1-2H3,(H2,15,20). The summed E-state index contributed by atoms with van der Waals surface area (Å²) >= 11 is 4.92. The molecular formula is C14H20N2O3S2. The normalized spacial score (nSPS) is 20.4. The molecule has 1 aliphatic rings. The van der Waals surface area contributed by atoms with Crippen LogP contribution in [0.15, 0.2) is 23.1 Å². The number of methoxy groups -OCH3 is 1. The van der Waals surface area contributed by atoms with Gasteiger partial charge in [-0.2, -0.15) is 4.31 Å². The molecule has 0 saturated carbocycles. The number of thiocarbonyl (C=S) groups is 1. The highest BCUT2D eigenvalue weighted by Crippen LogP contribution is 2.24. The zero-order chi connectivity index (χ0) is 15.6. The second kappa shape index (κ2) is 6.39. The Hall–Kier alpha value is -1.02. The molecule has 116 valence electrons. The number of rotatable bonds is 4. The molecule has 1 unspecified atom stereocenters. The first-order valence-electron chi connectivity index (χ1n) is 6.79. The van der Waals surface area contributed by atoms with Gasteiger partial charge in [-0.25, -0.2) is 8.42 Å². The first kappa shape index (κ1) is 16.4. The summed E-state index contributed by atoms with van der Waals surface area (Å²) in [4.78, 5) is 0.568. The van der Waals surface area contributed by atoms with Crippen molar-refractivity contribution in [1.82, 2.24) is 4.31 Å². The van der Waals surface area contributed by atoms with E-state index in [0.29, 0.717) is 29.1 Å². The summed E-state index contributed by atoms with van der Waals surface area (Å²) in [5, 5.41) is 0. The number of hydrogen-bond acceptors (Lipinski definition) is 4. The molecule has 2 rings (SSSR count). The van der Waals surface area contributed by atoms with Gasteiger partial charge in [-0.3, -0.25) is 0 Å². The number of aryl methyl sites for hydroxylation is 1. The van der Waals surface area contributed by atoms with Crippen LogP contribution in [0.4, 0.5) is 0 Å². The highest BCUT2D eigenvalue weighted by molar-refractivity contribution is 7.89. The van der Waals surface area contributed by atoms with Crippen LogP contribution < -0.4 is 5.73 Å². The van der Waals surface area contributed by atoms with Gasteiger partial charge in [0.15, 0.2) is 0 Å². The van der Waals surface area contributed by atoms with Crippen molar-refractivity contribution >= 4 is 27.2 Å². The van der Waals surface area contributed by atoms with Gasteiger partial charge in [0.1, 0.15) is 4.99 Å². The topological polar surface area (TPSA) is 72.6 Å². The molecule has 1 atom stereocenters. The molecule has 0 aliphatic carbocycles. The van der Waals surface area contributed by atoms with E-state index in [0.717, 1.165) is 12.8 Å². The number of benzene rings is 1. The maximum atomic E-state index is 12.8. The Morgan fingerprint density at radius 1 is 1.48 bits per heavy atom. The largest absolute Gasteiger partial charge is 0.389 e. The Morgan fingerprint density at radius 3 is 2.76 bits per heavy atom. The van der Waals surface area contributed by atoms with Gasteiger partial charge < -0.3 is 10.5 Å². The van der Waals surface area contributed by atoms with Gasteiger partial charge in [-0.15, -0.1) is 0 Å². The minimum atomic E-state index is -3.51. The van der Waals surface area contributed by atoms with Crippen molar-refractivity contribution in [1.29, 1.82) is 0 Å². The molecule has 1 aromatic carbocycles. The van der Waals surface area contributed by atoms with Gasteiger partial charge in [0.2, 0.25) is 10.0 Å². The average Bonchev–Trinajstić information content (AvgIpc) is 2.46. The van der Waals surface area contributed by atoms with Crippen molar-refractivity contribution in [2.45, 2.75) is 30.8 Å². The number of hydrogen-bond donors (Lipinski definition) is 1. The maximum Gasteiger partial charge on any atom is 0.243 e. The second-order valence-corrected chi connectivity index (χ2v) is 7.55. The molecule has 0 amide bonds. The van der Waals surface area contributed by atoms with Crippen LogP contribution in [0.1, 0.15) is 24.0 Å². The lowest BCUT2D eigenvalue weighted by Crippen LogP contribution is -2.43. The molecule has 5 nitrogen and oxygen atoms in total. The number of ether oxygens (including phenoxy) is 1. The number of piperidine rings is 1. The fraction of sp³-hybridized carbons (Fsp3) is 0.500. The molecule has 1 aliphatic heterocycles. The van der Waals surface area contributed by atoms with Crippen LogP contribution in [0.3, 0.4) is 0 Å². The van der Waals surface area contributed by atoms with E-state index in [-0.39, 0.29) is 11.1 Å². The number of sulfonamides is 1. The van der Waals surface area contributed by atoms with Crippen LogP contribution in [0.5, 0.6) is 0 Å². The zero-order valence-corrected chi connectivity index (χ0v) is 13.8. The molecule has 2 N–H and O–H groups in total. The van der Waals surface area contributed by atoms with Crippen molar-refractivity contribution in [3.8, 4) is 0 Å². The third-order valence-electron chi connectivity index (χ3n) is 3.75. The summed E-state index contributed by atoms with van der Waals surface area (Å²) in [6, 6.07) is 4.95. The number of nitrogens with two attached hydrogens (primary N) is 1. The molecule has 1 saturated heterocycles. The monoisotopic (exact) mass is 328 g/mol. The fourth-order valence-corrected chi connectivity index (χ4v) is 4.39. The van der Waals surface area contributed by atoms with Gasteiger partial charge in [-0.1, -0.05) is 18.3 Å². The van der Waals surface area contributed by atoms with Crippen LogP contribution in [-0.4, -0.2) is 44.0 Å². The molecule has 0 aromatic heterocycles. The van der Waals surface area contributed by atoms with Crippen molar-refractivity contribution in [3.05, 3.63) is 29.3 Å². The van der Waals surface area contributed by atoms with Crippen LogP contribution >= 0.6 is 12.2 Å². The molecule has 0 bridgehead atoms. The van der Waals surface area contributed by atoms with Crippen molar-refractivity contribution in [2.75, 3.05) is 20.2 Å². The van der Waals surface area contributed by atoms with Gasteiger partial charge in [0, 0.05) is 25.8 Å². The van der Waals surface area contributed by atoms with Crippen molar-refractivity contribution in [3.63, 3.8) is 0 Å². The van der Waals surface area contributed by atoms with Crippen LogP contribution in [-0.2, 0) is 14.8 Å². The van der Waals surface area contributed by atoms with Crippen molar-refractivity contribution in [2.24, 2.45) is 5.73 Å². The van der Waals surface area contributed by atoms with Gasteiger partial charge in [0.25, 0.3) is 0 Å². The van der Waals surface area contributed by atoms with E-state index in [1.54, 1.807) is 32.2 Å². The maximum absolute atomic E-state index is 12.8. The van der Waals surface area contributed by atoms with Gasteiger partial charge in [0.05, 0.1) is 11.0 Å². The Balaban J connectivity index is 2.33. The smallest absolute Gasteiger partial charge is 0.243 e. The van der Waals surface area contributed by atoms with E-state index in [1.807, 2.05) is 0 Å². The van der Waals surface area contributed by atoms with Crippen molar-refractivity contribution < 1.29 is 13.2 Å². The summed E-state index contributed by atoms with van der Waals surface area (Å²) in [5.41, 5.74) is 6.90. The summed E-state index contributed by atoms with van der Waals surface area (Å²) < 4.78 is 32.3. The lowest BCUT2D eigenvalue weighted by Gasteiger charge is -2.31. The fourth-order valence-electron chi connectivity index (χ4n) is 2.55. The van der Waals surface area contributed by atoms with E-state index >= 15 is 0 Å². The third kappa shape index (κ3) is 3.42. The van der Waals surface area contributed by atoms with E-state index in [9.17, 15) is 8.42 Å². The Bertz CT molecular complexity index is 644. The minimum absolute atomic E-state index is 0.0373. The highest BCUT2D eigenvalue weighted by Gasteiger charge is 2.31. The summed E-state index contributed by atoms with van der Waals surface area (Å²) in [6.07, 6.45) is 1.66. The Morgan fingerprint density at radius 2 is 2.19 bits per heavy atom. The van der Waals surface area contributed by atoms with E-state index < -0.39 is 10.0 Å². The molecule has 1 aromatic rings. The van der Waals surface area contributed by atoms with Crippen LogP contribution in [0.25, 0.3) is 0 Å². The van der Waals surface area contributed by atoms with Crippen LogP contribution in [0, 0.1) is 6.92 Å². The van der Waals surface area contributed by atoms with Gasteiger partial charge in [-0.05, 0) is 37.5 Å². The third-order valence-corrected chi connectivity index (χ3v) is 6.01. The summed E-state index contributed by atoms with van der Waals surface area (Å²) in [5.74, 6) is 0. The van der Waals surface area contributed by atoms with Gasteiger partial charge >= 0.3 is 0 Å². The quantitative estimate of drug-likeness (QED) is 0.847. The van der Waals surface area contributed by atoms with E-state index in [2.05, 4.69) is 0 Å². The SMILES string of the molecule is COC1CCCN(S(=O)(=O)c2ccc(C(N)=S)cc2C)C1. The Labute approximate surface area is 131 Å². The number of nitrogens with zero attached hydrogens (tertiary/aromatic N) is 1. The molecule has 21 heavy (non-hydrogen) atoms. The van der Waals surface area contributed by atoms with E-state index in [4.69, 9.17) is 22.7 Å². The summed E-state index contributed by atoms with van der Waals surface area (Å²) in [6.45, 7) is 2.68. The minimum Gasteiger partial charge on any atom is -0.389 e.